The Bertz CT molecular complexity index is 1030. The van der Waals surface area contributed by atoms with Crippen LogP contribution in [0.2, 0.25) is 0 Å². The largest absolute Gasteiger partial charge is 0.493 e. The first-order chi connectivity index (χ1) is 18.2. The average molecular weight is 645 g/mol. The number of rotatable bonds is 14. The third-order valence-electron chi connectivity index (χ3n) is 6.46. The highest BCUT2D eigenvalue weighted by Gasteiger charge is 2.44. The number of aliphatic hydroxyl groups excluding tert-OH is 2. The average Bonchev–Trinajstić information content (AvgIpc) is 3.74. The molecule has 3 atom stereocenters. The van der Waals surface area contributed by atoms with Gasteiger partial charge in [0.05, 0.1) is 29.4 Å². The van der Waals surface area contributed by atoms with Crippen LogP contribution < -0.4 is 14.8 Å². The summed E-state index contributed by atoms with van der Waals surface area (Å²) >= 11 is 2.02. The lowest BCUT2D eigenvalue weighted by atomic mass is 9.87. The third-order valence-corrected chi connectivity index (χ3v) is 7.26. The number of hydrogen-bond acceptors (Lipinski definition) is 8. The Morgan fingerprint density at radius 3 is 2.63 bits per heavy atom. The van der Waals surface area contributed by atoms with Crippen LogP contribution in [0.3, 0.4) is 0 Å². The van der Waals surface area contributed by atoms with Gasteiger partial charge in [-0.2, -0.15) is 0 Å². The van der Waals surface area contributed by atoms with E-state index < -0.39 is 24.2 Å². The number of ether oxygens (including phenoxy) is 3. The minimum atomic E-state index is -1.13. The molecule has 1 aromatic rings. The Labute approximate surface area is 236 Å². The number of carbonyl (C=O) groups is 3. The molecule has 0 bridgehead atoms. The van der Waals surface area contributed by atoms with Gasteiger partial charge in [0.2, 0.25) is 11.8 Å². The number of hydrogen-bond donors (Lipinski definition) is 3. The van der Waals surface area contributed by atoms with Gasteiger partial charge in [-0.3, -0.25) is 14.4 Å². The van der Waals surface area contributed by atoms with E-state index in [0.717, 1.165) is 12.8 Å². The number of amides is 2. The Morgan fingerprint density at radius 1 is 1.29 bits per heavy atom. The fourth-order valence-electron chi connectivity index (χ4n) is 4.40. The Balaban J connectivity index is 1.93. The molecule has 210 valence electrons. The second-order valence-electron chi connectivity index (χ2n) is 9.75. The van der Waals surface area contributed by atoms with E-state index >= 15 is 0 Å². The molecule has 38 heavy (non-hydrogen) atoms. The van der Waals surface area contributed by atoms with Crippen molar-refractivity contribution in [1.82, 2.24) is 10.2 Å². The smallest absolute Gasteiger partial charge is 0.247 e. The first-order valence-corrected chi connectivity index (χ1v) is 14.0. The molecule has 3 rings (SSSR count). The monoisotopic (exact) mass is 644 g/mol. The summed E-state index contributed by atoms with van der Waals surface area (Å²) in [6, 6.07) is 2.46. The molecular weight excluding hydrogens is 607 g/mol. The second kappa shape index (κ2) is 14.2. The summed E-state index contributed by atoms with van der Waals surface area (Å²) in [5.41, 5.74) is 0.759. The zero-order valence-corrected chi connectivity index (χ0v) is 24.2. The minimum Gasteiger partial charge on any atom is -0.493 e. The maximum absolute atomic E-state index is 13.3. The van der Waals surface area contributed by atoms with Crippen LogP contribution >= 0.6 is 22.6 Å². The van der Waals surface area contributed by atoms with Crippen molar-refractivity contribution in [3.8, 4) is 11.5 Å². The van der Waals surface area contributed by atoms with Gasteiger partial charge in [-0.25, -0.2) is 0 Å². The predicted octanol–water partition coefficient (Wildman–Crippen LogP) is 2.08. The summed E-state index contributed by atoms with van der Waals surface area (Å²) in [4.78, 5) is 39.3. The summed E-state index contributed by atoms with van der Waals surface area (Å²) in [6.45, 7) is 4.58. The zero-order chi connectivity index (χ0) is 27.8. The van der Waals surface area contributed by atoms with Crippen LogP contribution in [-0.2, 0) is 14.3 Å². The first-order valence-electron chi connectivity index (χ1n) is 12.9. The van der Waals surface area contributed by atoms with Crippen molar-refractivity contribution in [1.29, 1.82) is 0 Å². The second-order valence-corrected chi connectivity index (χ2v) is 10.9. The summed E-state index contributed by atoms with van der Waals surface area (Å²) in [5, 5.41) is 23.3. The van der Waals surface area contributed by atoms with Crippen molar-refractivity contribution < 1.29 is 38.8 Å². The van der Waals surface area contributed by atoms with Crippen LogP contribution in [0.25, 0.3) is 0 Å². The van der Waals surface area contributed by atoms with E-state index in [1.165, 1.54) is 13.2 Å². The van der Waals surface area contributed by atoms with Crippen molar-refractivity contribution in [3.63, 3.8) is 0 Å². The van der Waals surface area contributed by atoms with Crippen LogP contribution in [0.15, 0.2) is 23.8 Å². The molecule has 2 aliphatic rings. The van der Waals surface area contributed by atoms with Gasteiger partial charge in [-0.05, 0) is 73.9 Å². The normalized spacial score (nSPS) is 21.0. The summed E-state index contributed by atoms with van der Waals surface area (Å²) in [7, 11) is 1.45. The summed E-state index contributed by atoms with van der Waals surface area (Å²) in [5.74, 6) is 0.105. The SMILES string of the molecule is COc1cc(C=O)cc(I)c1O[C@H]1C=C(C(=O)NCCO)C[C@@H](N(CCCOC(C)C)C(=O)C2CC2)[C@@H]1O. The number of halogens is 1. The van der Waals surface area contributed by atoms with Gasteiger partial charge in [0.15, 0.2) is 11.5 Å². The standard InChI is InChI=1S/C27H37IN2O8/c1-16(2)37-10-4-8-30(27(35)18-5-6-18)21-13-19(26(34)29-7-9-31)14-22(24(21)33)38-25-20(28)11-17(15-32)12-23(25)36-3/h11-12,14-16,18,21-22,24,31,33H,4-10,13H2,1-3H3,(H,29,34)/t21-,22+,24+/m1/s1. The fraction of sp³-hybridized carbons (Fsp3) is 0.593. The van der Waals surface area contributed by atoms with E-state index in [-0.39, 0.29) is 37.5 Å². The maximum Gasteiger partial charge on any atom is 0.247 e. The molecule has 1 aromatic carbocycles. The molecule has 11 heteroatoms. The van der Waals surface area contributed by atoms with Crippen molar-refractivity contribution >= 4 is 40.7 Å². The summed E-state index contributed by atoms with van der Waals surface area (Å²) < 4.78 is 17.9. The van der Waals surface area contributed by atoms with Crippen LogP contribution in [0, 0.1) is 9.49 Å². The number of carbonyl (C=O) groups excluding carboxylic acids is 3. The molecule has 0 radical (unpaired) electrons. The molecule has 0 spiro atoms. The van der Waals surface area contributed by atoms with Crippen molar-refractivity contribution in [2.75, 3.05) is 33.4 Å². The maximum atomic E-state index is 13.3. The van der Waals surface area contributed by atoms with Gasteiger partial charge in [-0.1, -0.05) is 0 Å². The molecule has 2 amide bonds. The quantitative estimate of drug-likeness (QED) is 0.159. The van der Waals surface area contributed by atoms with Gasteiger partial charge in [0.25, 0.3) is 0 Å². The molecule has 0 aliphatic heterocycles. The third kappa shape index (κ3) is 7.90. The lowest BCUT2D eigenvalue weighted by molar-refractivity contribution is -0.140. The van der Waals surface area contributed by atoms with Gasteiger partial charge < -0.3 is 34.6 Å². The molecule has 0 aromatic heterocycles. The van der Waals surface area contributed by atoms with Crippen LogP contribution in [0.1, 0.15) is 49.9 Å². The minimum absolute atomic E-state index is 0.0446. The van der Waals surface area contributed by atoms with E-state index in [0.29, 0.717) is 52.1 Å². The van der Waals surface area contributed by atoms with Crippen molar-refractivity contribution in [2.24, 2.45) is 5.92 Å². The molecule has 1 saturated carbocycles. The number of aldehydes is 1. The predicted molar refractivity (Wildman–Crippen MR) is 148 cm³/mol. The number of methoxy groups -OCH3 is 1. The number of benzene rings is 1. The Hall–Kier alpha value is -2.22. The van der Waals surface area contributed by atoms with E-state index in [4.69, 9.17) is 14.2 Å². The van der Waals surface area contributed by atoms with Gasteiger partial charge in [-0.15, -0.1) is 0 Å². The van der Waals surface area contributed by atoms with Gasteiger partial charge in [0, 0.05) is 43.2 Å². The Morgan fingerprint density at radius 2 is 2.03 bits per heavy atom. The highest BCUT2D eigenvalue weighted by Crippen LogP contribution is 2.38. The number of nitrogens with one attached hydrogen (secondary N) is 1. The van der Waals surface area contributed by atoms with E-state index in [1.54, 1.807) is 17.0 Å². The molecule has 1 fully saturated rings. The molecule has 0 unspecified atom stereocenters. The lowest BCUT2D eigenvalue weighted by Crippen LogP contribution is -2.55. The molecule has 0 saturated heterocycles. The van der Waals surface area contributed by atoms with E-state index in [9.17, 15) is 24.6 Å². The van der Waals surface area contributed by atoms with Gasteiger partial charge >= 0.3 is 0 Å². The highest BCUT2D eigenvalue weighted by atomic mass is 127. The molecule has 2 aliphatic carbocycles. The van der Waals surface area contributed by atoms with Crippen molar-refractivity contribution in [2.45, 2.75) is 63.9 Å². The van der Waals surface area contributed by atoms with Gasteiger partial charge in [0.1, 0.15) is 18.5 Å². The van der Waals surface area contributed by atoms with Crippen LogP contribution in [-0.4, -0.2) is 91.0 Å². The van der Waals surface area contributed by atoms with E-state index in [2.05, 4.69) is 5.32 Å². The Kier molecular flexibility index (Phi) is 11.4. The first kappa shape index (κ1) is 30.3. The molecule has 3 N–H and O–H groups in total. The molecular formula is C27H37IN2O8. The van der Waals surface area contributed by atoms with Crippen molar-refractivity contribution in [3.05, 3.63) is 32.9 Å². The lowest BCUT2D eigenvalue weighted by Gasteiger charge is -2.41. The fourth-order valence-corrected chi connectivity index (χ4v) is 5.15. The van der Waals surface area contributed by atoms with Crippen LogP contribution in [0.4, 0.5) is 0 Å². The molecule has 10 nitrogen and oxygen atoms in total. The topological polar surface area (TPSA) is 135 Å². The highest BCUT2D eigenvalue weighted by molar-refractivity contribution is 14.1. The molecule has 0 heterocycles. The number of aliphatic hydroxyl groups is 2. The van der Waals surface area contributed by atoms with Crippen LogP contribution in [0.5, 0.6) is 11.5 Å². The number of nitrogens with zero attached hydrogens (tertiary/aromatic N) is 1. The summed E-state index contributed by atoms with van der Waals surface area (Å²) in [6.07, 6.45) is 2.54. The van der Waals surface area contributed by atoms with E-state index in [1.807, 2.05) is 36.4 Å². The zero-order valence-electron chi connectivity index (χ0n) is 22.0.